The van der Waals surface area contributed by atoms with E-state index in [-0.39, 0.29) is 17.7 Å². The maximum Gasteiger partial charge on any atom is 0.166 e. The third kappa shape index (κ3) is 2.17. The lowest BCUT2D eigenvalue weighted by Crippen LogP contribution is -2.18. The molecule has 0 aliphatic heterocycles. The molecule has 1 fully saturated rings. The van der Waals surface area contributed by atoms with Gasteiger partial charge in [-0.1, -0.05) is 12.1 Å². The summed E-state index contributed by atoms with van der Waals surface area (Å²) in [7, 11) is 0. The summed E-state index contributed by atoms with van der Waals surface area (Å²) < 4.78 is 0. The number of Topliss-reactive ketones (excluding diaryl/α,β-unsaturated/α-hetero) is 1. The van der Waals surface area contributed by atoms with E-state index in [0.29, 0.717) is 0 Å². The fraction of sp³-hybridized carbons (Fsp3) is 0.500. The minimum atomic E-state index is 0.150. The summed E-state index contributed by atoms with van der Waals surface area (Å²) in [6.07, 6.45) is 2.79. The van der Waals surface area contributed by atoms with Gasteiger partial charge < -0.3 is 5.73 Å². The lowest BCUT2D eigenvalue weighted by molar-refractivity contribution is 0.0922. The molecule has 1 aromatic carbocycles. The molecule has 0 spiro atoms. The van der Waals surface area contributed by atoms with Crippen LogP contribution in [0.4, 0.5) is 0 Å². The van der Waals surface area contributed by atoms with E-state index in [9.17, 15) is 4.79 Å². The fourth-order valence-electron chi connectivity index (χ4n) is 2.38. The van der Waals surface area contributed by atoms with Gasteiger partial charge in [0.25, 0.3) is 0 Å². The third-order valence-corrected chi connectivity index (χ3v) is 3.64. The number of rotatable bonds is 2. The van der Waals surface area contributed by atoms with Gasteiger partial charge in [-0.3, -0.25) is 4.79 Å². The Balaban J connectivity index is 2.18. The first kappa shape index (κ1) is 11.3. The number of benzene rings is 1. The van der Waals surface area contributed by atoms with Gasteiger partial charge in [-0.25, -0.2) is 0 Å². The predicted molar refractivity (Wildman–Crippen MR) is 65.6 cm³/mol. The second-order valence-electron chi connectivity index (χ2n) is 4.93. The van der Waals surface area contributed by atoms with Crippen molar-refractivity contribution in [2.24, 2.45) is 11.7 Å². The quantitative estimate of drug-likeness (QED) is 0.774. The summed E-state index contributed by atoms with van der Waals surface area (Å²) in [5.41, 5.74) is 9.12. The van der Waals surface area contributed by atoms with Gasteiger partial charge in [0.1, 0.15) is 0 Å². The molecule has 2 rings (SSSR count). The molecule has 0 amide bonds. The summed E-state index contributed by atoms with van der Waals surface area (Å²) in [4.78, 5) is 12.2. The molecule has 0 saturated heterocycles. The predicted octanol–water partition coefficient (Wildman–Crippen LogP) is 2.61. The Kier molecular flexibility index (Phi) is 3.10. The van der Waals surface area contributed by atoms with E-state index in [2.05, 4.69) is 6.92 Å². The van der Waals surface area contributed by atoms with Crippen LogP contribution >= 0.6 is 0 Å². The van der Waals surface area contributed by atoms with E-state index in [1.165, 1.54) is 11.1 Å². The summed E-state index contributed by atoms with van der Waals surface area (Å²) in [5, 5.41) is 0. The standard InChI is InChI=1S/C14H19NO/c1-9-3-4-11(7-10(9)2)14(16)12-5-6-13(15)8-12/h3-4,7,12-13H,5-6,8,15H2,1-2H3. The molecule has 1 aliphatic rings. The van der Waals surface area contributed by atoms with E-state index in [0.717, 1.165) is 24.8 Å². The molecular weight excluding hydrogens is 198 g/mol. The minimum absolute atomic E-state index is 0.150. The maximum absolute atomic E-state index is 12.2. The molecule has 2 N–H and O–H groups in total. The van der Waals surface area contributed by atoms with Gasteiger partial charge in [-0.2, -0.15) is 0 Å². The van der Waals surface area contributed by atoms with Gasteiger partial charge >= 0.3 is 0 Å². The molecule has 1 aliphatic carbocycles. The molecule has 2 unspecified atom stereocenters. The number of hydrogen-bond acceptors (Lipinski definition) is 2. The summed E-state index contributed by atoms with van der Waals surface area (Å²) in [5.74, 6) is 0.424. The molecule has 1 saturated carbocycles. The van der Waals surface area contributed by atoms with Gasteiger partial charge in [0.2, 0.25) is 0 Å². The van der Waals surface area contributed by atoms with Gasteiger partial charge in [-0.15, -0.1) is 0 Å². The molecule has 0 aromatic heterocycles. The van der Waals surface area contributed by atoms with E-state index in [1.54, 1.807) is 0 Å². The van der Waals surface area contributed by atoms with Crippen molar-refractivity contribution in [2.75, 3.05) is 0 Å². The Hall–Kier alpha value is -1.15. The van der Waals surface area contributed by atoms with E-state index >= 15 is 0 Å². The lowest BCUT2D eigenvalue weighted by atomic mass is 9.94. The van der Waals surface area contributed by atoms with Crippen LogP contribution in [0.2, 0.25) is 0 Å². The lowest BCUT2D eigenvalue weighted by Gasteiger charge is -2.10. The number of nitrogens with two attached hydrogens (primary N) is 1. The van der Waals surface area contributed by atoms with E-state index in [4.69, 9.17) is 5.73 Å². The van der Waals surface area contributed by atoms with Gasteiger partial charge in [0, 0.05) is 17.5 Å². The van der Waals surface area contributed by atoms with Crippen LogP contribution < -0.4 is 5.73 Å². The highest BCUT2D eigenvalue weighted by Gasteiger charge is 2.28. The number of ketones is 1. The molecule has 0 radical (unpaired) electrons. The molecule has 86 valence electrons. The first-order valence-corrected chi connectivity index (χ1v) is 5.95. The van der Waals surface area contributed by atoms with Crippen molar-refractivity contribution in [3.8, 4) is 0 Å². The number of aryl methyl sites for hydroxylation is 2. The van der Waals surface area contributed by atoms with Crippen LogP contribution in [-0.4, -0.2) is 11.8 Å². The number of hydrogen-bond donors (Lipinski definition) is 1. The Morgan fingerprint density at radius 1 is 1.25 bits per heavy atom. The number of carbonyl (C=O) groups excluding carboxylic acids is 1. The van der Waals surface area contributed by atoms with Gasteiger partial charge in [0.15, 0.2) is 5.78 Å². The van der Waals surface area contributed by atoms with Crippen molar-refractivity contribution in [3.63, 3.8) is 0 Å². The monoisotopic (exact) mass is 217 g/mol. The Labute approximate surface area is 96.8 Å². The van der Waals surface area contributed by atoms with Crippen LogP contribution in [0.15, 0.2) is 18.2 Å². The molecule has 2 nitrogen and oxygen atoms in total. The van der Waals surface area contributed by atoms with Crippen LogP contribution in [0.1, 0.15) is 40.7 Å². The van der Waals surface area contributed by atoms with Crippen molar-refractivity contribution in [2.45, 2.75) is 39.2 Å². The van der Waals surface area contributed by atoms with Crippen LogP contribution in [0.5, 0.6) is 0 Å². The van der Waals surface area contributed by atoms with Crippen molar-refractivity contribution >= 4 is 5.78 Å². The minimum Gasteiger partial charge on any atom is -0.328 e. The highest BCUT2D eigenvalue weighted by Crippen LogP contribution is 2.28. The highest BCUT2D eigenvalue weighted by molar-refractivity contribution is 5.98. The molecule has 0 heterocycles. The SMILES string of the molecule is Cc1ccc(C(=O)C2CCC(N)C2)cc1C. The van der Waals surface area contributed by atoms with E-state index < -0.39 is 0 Å². The zero-order chi connectivity index (χ0) is 11.7. The molecule has 0 bridgehead atoms. The summed E-state index contributed by atoms with van der Waals surface area (Å²) >= 11 is 0. The van der Waals surface area contributed by atoms with Crippen molar-refractivity contribution in [1.29, 1.82) is 0 Å². The Morgan fingerprint density at radius 2 is 2.00 bits per heavy atom. The Bertz CT molecular complexity index is 411. The fourth-order valence-corrected chi connectivity index (χ4v) is 2.38. The average molecular weight is 217 g/mol. The van der Waals surface area contributed by atoms with Crippen LogP contribution in [0, 0.1) is 19.8 Å². The zero-order valence-corrected chi connectivity index (χ0v) is 9.99. The Morgan fingerprint density at radius 3 is 2.56 bits per heavy atom. The summed E-state index contributed by atoms with van der Waals surface area (Å²) in [6.45, 7) is 4.11. The van der Waals surface area contributed by atoms with Crippen LogP contribution in [0.3, 0.4) is 0 Å². The zero-order valence-electron chi connectivity index (χ0n) is 9.99. The van der Waals surface area contributed by atoms with Crippen molar-refractivity contribution < 1.29 is 4.79 Å². The normalized spacial score (nSPS) is 24.7. The second-order valence-corrected chi connectivity index (χ2v) is 4.93. The second kappa shape index (κ2) is 4.38. The third-order valence-electron chi connectivity index (χ3n) is 3.64. The molecule has 2 atom stereocenters. The molecule has 16 heavy (non-hydrogen) atoms. The first-order chi connectivity index (χ1) is 7.58. The van der Waals surface area contributed by atoms with Crippen LogP contribution in [0.25, 0.3) is 0 Å². The molecule has 1 aromatic rings. The summed E-state index contributed by atoms with van der Waals surface area (Å²) in [6, 6.07) is 6.19. The highest BCUT2D eigenvalue weighted by atomic mass is 16.1. The van der Waals surface area contributed by atoms with Gasteiger partial charge in [0.05, 0.1) is 0 Å². The van der Waals surface area contributed by atoms with Crippen molar-refractivity contribution in [1.82, 2.24) is 0 Å². The van der Waals surface area contributed by atoms with Crippen LogP contribution in [-0.2, 0) is 0 Å². The first-order valence-electron chi connectivity index (χ1n) is 5.95. The smallest absolute Gasteiger partial charge is 0.166 e. The van der Waals surface area contributed by atoms with E-state index in [1.807, 2.05) is 25.1 Å². The molecule has 2 heteroatoms. The maximum atomic E-state index is 12.2. The number of carbonyl (C=O) groups is 1. The van der Waals surface area contributed by atoms with Crippen molar-refractivity contribution in [3.05, 3.63) is 34.9 Å². The van der Waals surface area contributed by atoms with Gasteiger partial charge in [-0.05, 0) is 50.3 Å². The molecular formula is C14H19NO. The topological polar surface area (TPSA) is 43.1 Å². The average Bonchev–Trinajstić information content (AvgIpc) is 2.68. The largest absolute Gasteiger partial charge is 0.328 e.